The number of unbranched alkanes of at least 4 members (excludes halogenated alkanes) is 2. The minimum absolute atomic E-state index is 0.00548. The van der Waals surface area contributed by atoms with Crippen LogP contribution in [0.3, 0.4) is 0 Å². The van der Waals surface area contributed by atoms with Crippen LogP contribution >= 0.6 is 46.4 Å². The number of carboxylic acids is 2. The molecule has 4 atom stereocenters. The third-order valence-electron chi connectivity index (χ3n) is 12.6. The molecule has 0 aliphatic heterocycles. The van der Waals surface area contributed by atoms with E-state index in [0.717, 1.165) is 0 Å². The van der Waals surface area contributed by atoms with Gasteiger partial charge in [0.15, 0.2) is 0 Å². The highest BCUT2D eigenvalue weighted by molar-refractivity contribution is 6.35. The molecular weight excluding hydrogens is 1250 g/mol. The lowest BCUT2D eigenvalue weighted by atomic mass is 10.0. The molecule has 0 saturated carbocycles. The van der Waals surface area contributed by atoms with Crippen LogP contribution in [0.4, 0.5) is 32.6 Å². The summed E-state index contributed by atoms with van der Waals surface area (Å²) >= 11 is 24.7. The molecule has 2 heterocycles. The fraction of sp³-hybridized carbons (Fsp3) is 0.400. The fourth-order valence-corrected chi connectivity index (χ4v) is 9.43. The van der Waals surface area contributed by atoms with Crippen LogP contribution < -0.4 is 53.2 Å². The van der Waals surface area contributed by atoms with Crippen molar-refractivity contribution in [3.05, 3.63) is 141 Å². The Kier molecular flexibility index (Phi) is 33.3. The standard InChI is InChI=1S/C60H74Cl4N12O14/c61-41-29-39(30-42(62)33-41)47(35-55(79)80)75-57(83)49(73-53(77)11-3-7-19-67-51-9-1-5-17-65-51)37-89-27-25-87-23-21-69-59(85)71-45-13-15-46(16-14-45)72-60(86)70-22-24-88-26-28-90-38-50(74-54(78)12-4-8-20-68-52-10-2-6-18-66-52)58(84)76-48(36-56(81)82)40-31-43(63)34-44(64)32-40/h1-2,5-6,9-10,13-18,29-34,47-50H,3-4,7-8,11-12,19-28,35-38H2,(H,65,67)(H,66,68)(H,73,77)(H,74,78)(H,75,83)(H,76,84)(H,79,80)(H,81,82)(H2,69,71,85)(H2,70,72,86). The number of benzene rings is 3. The number of ether oxygens (including phenoxy) is 4. The molecule has 5 rings (SSSR count). The number of nitrogens with zero attached hydrogens (tertiary/aromatic N) is 2. The van der Waals surface area contributed by atoms with E-state index in [1.807, 2.05) is 24.3 Å². The van der Waals surface area contributed by atoms with Crippen molar-refractivity contribution in [2.75, 3.05) is 100 Å². The van der Waals surface area contributed by atoms with Crippen LogP contribution in [0.5, 0.6) is 0 Å². The van der Waals surface area contributed by atoms with E-state index in [4.69, 9.17) is 65.4 Å². The summed E-state index contributed by atoms with van der Waals surface area (Å²) in [6, 6.07) is 20.6. The van der Waals surface area contributed by atoms with Crippen LogP contribution in [0.2, 0.25) is 20.1 Å². The molecule has 12 N–H and O–H groups in total. The minimum Gasteiger partial charge on any atom is -0.481 e. The first-order valence-corrected chi connectivity index (χ1v) is 30.3. The number of hydrogen-bond acceptors (Lipinski definition) is 16. The van der Waals surface area contributed by atoms with E-state index in [1.165, 1.54) is 36.4 Å². The van der Waals surface area contributed by atoms with E-state index < -0.39 is 84.6 Å². The number of amides is 8. The van der Waals surface area contributed by atoms with Gasteiger partial charge >= 0.3 is 24.0 Å². The van der Waals surface area contributed by atoms with E-state index in [1.54, 1.807) is 48.8 Å². The summed E-state index contributed by atoms with van der Waals surface area (Å²) in [5.41, 5.74) is 1.57. The van der Waals surface area contributed by atoms with E-state index in [9.17, 15) is 48.6 Å². The summed E-state index contributed by atoms with van der Waals surface area (Å²) in [5, 5.41) is 48.0. The first-order chi connectivity index (χ1) is 43.4. The summed E-state index contributed by atoms with van der Waals surface area (Å²) < 4.78 is 22.6. The van der Waals surface area contributed by atoms with E-state index >= 15 is 0 Å². The van der Waals surface area contributed by atoms with Gasteiger partial charge in [0.25, 0.3) is 0 Å². The topological polar surface area (TPSA) is 360 Å². The molecule has 5 aromatic rings. The van der Waals surface area contributed by atoms with Crippen LogP contribution in [0.25, 0.3) is 0 Å². The number of hydrogen-bond donors (Lipinski definition) is 12. The molecule has 0 aliphatic rings. The maximum Gasteiger partial charge on any atom is 0.319 e. The van der Waals surface area contributed by atoms with Crippen molar-refractivity contribution in [2.45, 2.75) is 75.5 Å². The molecule has 30 heteroatoms. The average molecular weight is 1330 g/mol. The number of pyridine rings is 2. The normalized spacial score (nSPS) is 12.2. The maximum absolute atomic E-state index is 13.6. The Morgan fingerprint density at radius 3 is 1.18 bits per heavy atom. The van der Waals surface area contributed by atoms with Crippen LogP contribution in [-0.2, 0) is 47.7 Å². The van der Waals surface area contributed by atoms with Gasteiger partial charge in [0.1, 0.15) is 23.7 Å². The zero-order chi connectivity index (χ0) is 64.9. The van der Waals surface area contributed by atoms with Gasteiger partial charge in [-0.3, -0.25) is 28.8 Å². The van der Waals surface area contributed by atoms with Gasteiger partial charge in [-0.2, -0.15) is 0 Å². The third kappa shape index (κ3) is 30.4. The number of rotatable bonds is 42. The third-order valence-corrected chi connectivity index (χ3v) is 13.5. The molecule has 486 valence electrons. The summed E-state index contributed by atoms with van der Waals surface area (Å²) in [7, 11) is 0. The number of nitrogens with one attached hydrogen (secondary N) is 10. The monoisotopic (exact) mass is 1330 g/mol. The Hall–Kier alpha value is -8.08. The van der Waals surface area contributed by atoms with E-state index in [0.29, 0.717) is 72.9 Å². The van der Waals surface area contributed by atoms with Crippen molar-refractivity contribution in [1.82, 2.24) is 41.9 Å². The van der Waals surface area contributed by atoms with Crippen molar-refractivity contribution in [3.8, 4) is 0 Å². The predicted molar refractivity (Wildman–Crippen MR) is 340 cm³/mol. The quantitative estimate of drug-likeness (QED) is 0.0167. The number of carbonyl (C=O) groups is 8. The molecule has 0 radical (unpaired) electrons. The van der Waals surface area contributed by atoms with Crippen LogP contribution in [0.1, 0.15) is 74.6 Å². The van der Waals surface area contributed by atoms with Gasteiger partial charge in [0.05, 0.1) is 77.8 Å². The summed E-state index contributed by atoms with van der Waals surface area (Å²) in [5.74, 6) is -3.20. The number of halogens is 4. The molecule has 0 fully saturated rings. The summed E-state index contributed by atoms with van der Waals surface area (Å²) in [6.07, 6.45) is 4.83. The highest BCUT2D eigenvalue weighted by atomic mass is 35.5. The first-order valence-electron chi connectivity index (χ1n) is 28.7. The predicted octanol–water partition coefficient (Wildman–Crippen LogP) is 7.60. The highest BCUT2D eigenvalue weighted by Gasteiger charge is 2.28. The Balaban J connectivity index is 0.961. The van der Waals surface area contributed by atoms with E-state index in [-0.39, 0.29) is 98.9 Å². The second-order valence-electron chi connectivity index (χ2n) is 19.9. The SMILES string of the molecule is O=C(O)CC(NC(=O)C(COCCOCCNC(=O)Nc1ccc(NC(=O)NCCOCCOCC(NC(=O)CCCCNc2ccccn2)C(=O)NC(CC(=O)O)c2cc(Cl)cc(Cl)c2)cc1)NC(=O)CCCCNc1ccccn1)c1cc(Cl)cc(Cl)c1. The number of carbonyl (C=O) groups excluding carboxylic acids is 6. The second-order valence-corrected chi connectivity index (χ2v) is 21.6. The molecule has 4 unspecified atom stereocenters. The van der Waals surface area contributed by atoms with Crippen molar-refractivity contribution in [1.29, 1.82) is 0 Å². The summed E-state index contributed by atoms with van der Waals surface area (Å²) in [6.45, 7) is 1.17. The second kappa shape index (κ2) is 41.3. The first kappa shape index (κ1) is 72.7. The van der Waals surface area contributed by atoms with Crippen LogP contribution in [0.15, 0.2) is 109 Å². The maximum atomic E-state index is 13.6. The van der Waals surface area contributed by atoms with E-state index in [2.05, 4.69) is 63.1 Å². The molecule has 8 amide bonds. The Bertz CT molecular complexity index is 2830. The smallest absolute Gasteiger partial charge is 0.319 e. The lowest BCUT2D eigenvalue weighted by Gasteiger charge is -2.23. The molecule has 2 aromatic heterocycles. The van der Waals surface area contributed by atoms with Gasteiger partial charge in [-0.1, -0.05) is 58.5 Å². The summed E-state index contributed by atoms with van der Waals surface area (Å²) in [4.78, 5) is 110. The molecule has 26 nitrogen and oxygen atoms in total. The Labute approximate surface area is 540 Å². The molecule has 0 bridgehead atoms. The van der Waals surface area contributed by atoms with Crippen molar-refractivity contribution in [2.24, 2.45) is 0 Å². The number of anilines is 4. The largest absolute Gasteiger partial charge is 0.481 e. The van der Waals surface area contributed by atoms with Gasteiger partial charge in [-0.05, 0) is 122 Å². The fourth-order valence-electron chi connectivity index (χ4n) is 8.34. The zero-order valence-electron chi connectivity index (χ0n) is 49.0. The van der Waals surface area contributed by atoms with Gasteiger partial charge < -0.3 is 82.3 Å². The Morgan fingerprint density at radius 1 is 0.444 bits per heavy atom. The lowest BCUT2D eigenvalue weighted by Crippen LogP contribution is -2.50. The molecule has 3 aromatic carbocycles. The van der Waals surface area contributed by atoms with Crippen molar-refractivity contribution >= 4 is 117 Å². The van der Waals surface area contributed by atoms with Gasteiger partial charge in [0, 0.05) is 82.9 Å². The molecule has 0 spiro atoms. The molecular formula is C60H74Cl4N12O14. The van der Waals surface area contributed by atoms with Gasteiger partial charge in [0.2, 0.25) is 23.6 Å². The lowest BCUT2D eigenvalue weighted by molar-refractivity contribution is -0.139. The average Bonchev–Trinajstić information content (AvgIpc) is 1.73. The van der Waals surface area contributed by atoms with Crippen LogP contribution in [-0.4, -0.2) is 159 Å². The van der Waals surface area contributed by atoms with Crippen LogP contribution in [0, 0.1) is 0 Å². The van der Waals surface area contributed by atoms with Gasteiger partial charge in [-0.25, -0.2) is 19.6 Å². The van der Waals surface area contributed by atoms with Gasteiger partial charge in [-0.15, -0.1) is 0 Å². The van der Waals surface area contributed by atoms with Crippen molar-refractivity contribution < 1.29 is 67.5 Å². The number of carboxylic acid groups (broad SMARTS) is 2. The Morgan fingerprint density at radius 2 is 0.822 bits per heavy atom. The molecule has 90 heavy (non-hydrogen) atoms. The number of aliphatic carboxylic acids is 2. The minimum atomic E-state index is -1.20. The highest BCUT2D eigenvalue weighted by Crippen LogP contribution is 2.27. The van der Waals surface area contributed by atoms with Crippen molar-refractivity contribution in [3.63, 3.8) is 0 Å². The number of aromatic nitrogens is 2. The molecule has 0 saturated heterocycles. The zero-order valence-corrected chi connectivity index (χ0v) is 52.1. The molecule has 0 aliphatic carbocycles. The number of urea groups is 2.